The number of nitrogens with zero attached hydrogens (tertiary/aromatic N) is 2. The molecule has 6 nitrogen and oxygen atoms in total. The third kappa shape index (κ3) is 2.84. The Balaban J connectivity index is 1.73. The highest BCUT2D eigenvalue weighted by atomic mass is 16.4. The molecule has 0 bridgehead atoms. The molecule has 0 spiro atoms. The summed E-state index contributed by atoms with van der Waals surface area (Å²) in [4.78, 5) is 34.7. The van der Waals surface area contributed by atoms with Crippen molar-refractivity contribution >= 4 is 16.9 Å². The standard InChI is InChI=1S/C20H13N3O3/c24-19-14-4-1-2-5-16(14)22-18(23-19)13-10-8-12(9-11-13)15-6-3-7-17(21-15)20(25)26/h1-11H,(H,25,26)(H,22,23,24). The second-order valence-electron chi connectivity index (χ2n) is 5.72. The van der Waals surface area contributed by atoms with Gasteiger partial charge in [-0.25, -0.2) is 14.8 Å². The molecule has 0 aliphatic carbocycles. The van der Waals surface area contributed by atoms with E-state index in [-0.39, 0.29) is 11.3 Å². The average molecular weight is 343 g/mol. The first-order valence-electron chi connectivity index (χ1n) is 7.92. The highest BCUT2D eigenvalue weighted by Gasteiger charge is 2.08. The van der Waals surface area contributed by atoms with E-state index in [0.29, 0.717) is 22.4 Å². The minimum absolute atomic E-state index is 0.00731. The van der Waals surface area contributed by atoms with Crippen molar-refractivity contribution in [2.24, 2.45) is 0 Å². The first kappa shape index (κ1) is 15.7. The number of carboxylic acids is 1. The molecule has 0 unspecified atom stereocenters. The van der Waals surface area contributed by atoms with E-state index in [2.05, 4.69) is 15.0 Å². The molecule has 0 saturated carbocycles. The van der Waals surface area contributed by atoms with Crippen LogP contribution in [-0.4, -0.2) is 26.0 Å². The minimum Gasteiger partial charge on any atom is -0.477 e. The van der Waals surface area contributed by atoms with Crippen molar-refractivity contribution in [3.05, 3.63) is 82.8 Å². The number of aromatic nitrogens is 3. The zero-order chi connectivity index (χ0) is 18.1. The summed E-state index contributed by atoms with van der Waals surface area (Å²) < 4.78 is 0. The maximum absolute atomic E-state index is 12.2. The van der Waals surface area contributed by atoms with Gasteiger partial charge in [-0.2, -0.15) is 0 Å². The zero-order valence-corrected chi connectivity index (χ0v) is 13.5. The van der Waals surface area contributed by atoms with Crippen LogP contribution in [0, 0.1) is 0 Å². The van der Waals surface area contributed by atoms with Gasteiger partial charge in [0.2, 0.25) is 0 Å². The number of aromatic amines is 1. The Kier molecular flexibility index (Phi) is 3.78. The van der Waals surface area contributed by atoms with Gasteiger partial charge in [0.05, 0.1) is 16.6 Å². The largest absolute Gasteiger partial charge is 0.477 e. The molecule has 0 saturated heterocycles. The predicted octanol–water partition coefficient (Wildman–Crippen LogP) is 3.35. The maximum Gasteiger partial charge on any atom is 0.354 e. The molecule has 26 heavy (non-hydrogen) atoms. The van der Waals surface area contributed by atoms with Gasteiger partial charge in [0, 0.05) is 11.1 Å². The molecule has 0 aliphatic heterocycles. The fourth-order valence-electron chi connectivity index (χ4n) is 2.74. The number of rotatable bonds is 3. The van der Waals surface area contributed by atoms with Gasteiger partial charge in [0.15, 0.2) is 0 Å². The number of hydrogen-bond donors (Lipinski definition) is 2. The molecular weight excluding hydrogens is 330 g/mol. The number of fused-ring (bicyclic) bond motifs is 1. The number of pyridine rings is 1. The van der Waals surface area contributed by atoms with Crippen LogP contribution in [0.1, 0.15) is 10.5 Å². The number of H-pyrrole nitrogens is 1. The van der Waals surface area contributed by atoms with E-state index < -0.39 is 5.97 Å². The van der Waals surface area contributed by atoms with Crippen LogP contribution >= 0.6 is 0 Å². The van der Waals surface area contributed by atoms with Crippen molar-refractivity contribution in [3.8, 4) is 22.6 Å². The monoisotopic (exact) mass is 343 g/mol. The number of hydrogen-bond acceptors (Lipinski definition) is 4. The molecule has 0 amide bonds. The molecule has 2 N–H and O–H groups in total. The van der Waals surface area contributed by atoms with E-state index in [1.807, 2.05) is 30.3 Å². The van der Waals surface area contributed by atoms with Gasteiger partial charge in [-0.3, -0.25) is 4.79 Å². The van der Waals surface area contributed by atoms with E-state index in [4.69, 9.17) is 5.11 Å². The summed E-state index contributed by atoms with van der Waals surface area (Å²) in [6.07, 6.45) is 0. The summed E-state index contributed by atoms with van der Waals surface area (Å²) >= 11 is 0. The molecular formula is C20H13N3O3. The molecule has 0 atom stereocenters. The average Bonchev–Trinajstić information content (AvgIpc) is 2.68. The van der Waals surface area contributed by atoms with Crippen LogP contribution < -0.4 is 5.56 Å². The van der Waals surface area contributed by atoms with Crippen LogP contribution in [0.2, 0.25) is 0 Å². The Hall–Kier alpha value is -3.80. The number of aromatic carboxylic acids is 1. The summed E-state index contributed by atoms with van der Waals surface area (Å²) in [6, 6.07) is 19.3. The van der Waals surface area contributed by atoms with E-state index >= 15 is 0 Å². The molecule has 0 fully saturated rings. The Morgan fingerprint density at radius 3 is 2.35 bits per heavy atom. The van der Waals surface area contributed by atoms with Crippen LogP contribution in [-0.2, 0) is 0 Å². The van der Waals surface area contributed by atoms with E-state index in [9.17, 15) is 9.59 Å². The number of benzene rings is 2. The van der Waals surface area contributed by atoms with Gasteiger partial charge < -0.3 is 10.1 Å². The van der Waals surface area contributed by atoms with Crippen molar-refractivity contribution in [2.45, 2.75) is 0 Å². The number of para-hydroxylation sites is 1. The Bertz CT molecular complexity index is 1180. The topological polar surface area (TPSA) is 95.9 Å². The molecule has 2 aromatic carbocycles. The van der Waals surface area contributed by atoms with Crippen LogP contribution in [0.4, 0.5) is 0 Å². The molecule has 2 heterocycles. The fourth-order valence-corrected chi connectivity index (χ4v) is 2.74. The first-order chi connectivity index (χ1) is 12.6. The number of carbonyl (C=O) groups is 1. The Morgan fingerprint density at radius 2 is 1.58 bits per heavy atom. The van der Waals surface area contributed by atoms with Gasteiger partial charge in [0.25, 0.3) is 5.56 Å². The van der Waals surface area contributed by atoms with Crippen molar-refractivity contribution in [2.75, 3.05) is 0 Å². The van der Waals surface area contributed by atoms with Crippen molar-refractivity contribution in [1.29, 1.82) is 0 Å². The molecule has 0 aliphatic rings. The van der Waals surface area contributed by atoms with Crippen molar-refractivity contribution in [1.82, 2.24) is 15.0 Å². The number of nitrogens with one attached hydrogen (secondary N) is 1. The minimum atomic E-state index is -1.07. The molecule has 2 aromatic heterocycles. The van der Waals surface area contributed by atoms with Gasteiger partial charge in [0.1, 0.15) is 11.5 Å². The van der Waals surface area contributed by atoms with Gasteiger partial charge >= 0.3 is 5.97 Å². The van der Waals surface area contributed by atoms with Gasteiger partial charge in [-0.1, -0.05) is 42.5 Å². The summed E-state index contributed by atoms with van der Waals surface area (Å²) in [5, 5.41) is 9.60. The van der Waals surface area contributed by atoms with Crippen LogP contribution in [0.25, 0.3) is 33.5 Å². The molecule has 6 heteroatoms. The molecule has 0 radical (unpaired) electrons. The highest BCUT2D eigenvalue weighted by molar-refractivity contribution is 5.86. The van der Waals surface area contributed by atoms with Gasteiger partial charge in [-0.15, -0.1) is 0 Å². The fraction of sp³-hybridized carbons (Fsp3) is 0. The summed E-state index contributed by atoms with van der Waals surface area (Å²) in [5.41, 5.74) is 2.53. The number of carboxylic acid groups (broad SMARTS) is 1. The summed E-state index contributed by atoms with van der Waals surface area (Å²) in [6.45, 7) is 0. The second kappa shape index (κ2) is 6.25. The Labute approximate surface area is 147 Å². The third-order valence-electron chi connectivity index (χ3n) is 4.04. The lowest BCUT2D eigenvalue weighted by atomic mass is 10.1. The Morgan fingerprint density at radius 1 is 0.846 bits per heavy atom. The maximum atomic E-state index is 12.2. The smallest absolute Gasteiger partial charge is 0.354 e. The first-order valence-corrected chi connectivity index (χ1v) is 7.92. The lowest BCUT2D eigenvalue weighted by Crippen LogP contribution is -2.09. The summed E-state index contributed by atoms with van der Waals surface area (Å²) in [5.74, 6) is -0.589. The van der Waals surface area contributed by atoms with Gasteiger partial charge in [-0.05, 0) is 24.3 Å². The lowest BCUT2D eigenvalue weighted by molar-refractivity contribution is 0.0690. The molecule has 4 rings (SSSR count). The predicted molar refractivity (Wildman–Crippen MR) is 98.0 cm³/mol. The van der Waals surface area contributed by atoms with Crippen molar-refractivity contribution in [3.63, 3.8) is 0 Å². The van der Waals surface area contributed by atoms with Crippen LogP contribution in [0.3, 0.4) is 0 Å². The molecule has 4 aromatic rings. The van der Waals surface area contributed by atoms with E-state index in [1.165, 1.54) is 6.07 Å². The van der Waals surface area contributed by atoms with Crippen LogP contribution in [0.15, 0.2) is 71.5 Å². The quantitative estimate of drug-likeness (QED) is 0.595. The molecule has 126 valence electrons. The SMILES string of the molecule is O=C(O)c1cccc(-c2ccc(-c3nc4ccccc4c(=O)[nH]3)cc2)n1. The van der Waals surface area contributed by atoms with Crippen LogP contribution in [0.5, 0.6) is 0 Å². The summed E-state index contributed by atoms with van der Waals surface area (Å²) in [7, 11) is 0. The second-order valence-corrected chi connectivity index (χ2v) is 5.72. The third-order valence-corrected chi connectivity index (χ3v) is 4.04. The lowest BCUT2D eigenvalue weighted by Gasteiger charge is -2.06. The van der Waals surface area contributed by atoms with E-state index in [0.717, 1.165) is 11.1 Å². The zero-order valence-electron chi connectivity index (χ0n) is 13.5. The van der Waals surface area contributed by atoms with Crippen molar-refractivity contribution < 1.29 is 9.90 Å². The van der Waals surface area contributed by atoms with E-state index in [1.54, 1.807) is 30.3 Å². The normalized spacial score (nSPS) is 10.8. The highest BCUT2D eigenvalue weighted by Crippen LogP contribution is 2.22.